The Kier molecular flexibility index (Phi) is 5.05. The molecule has 1 N–H and O–H groups in total. The van der Waals surface area contributed by atoms with E-state index >= 15 is 0 Å². The molecule has 0 spiro atoms. The van der Waals surface area contributed by atoms with Gasteiger partial charge in [0.15, 0.2) is 5.96 Å². The van der Waals surface area contributed by atoms with E-state index in [9.17, 15) is 4.79 Å². The van der Waals surface area contributed by atoms with Crippen molar-refractivity contribution in [3.63, 3.8) is 0 Å². The van der Waals surface area contributed by atoms with Crippen LogP contribution in [0.2, 0.25) is 0 Å². The second-order valence-electron chi connectivity index (χ2n) is 5.38. The average molecular weight is 267 g/mol. The number of carbonyl (C=O) groups is 1. The average Bonchev–Trinajstić information content (AvgIpc) is 3.24. The summed E-state index contributed by atoms with van der Waals surface area (Å²) in [7, 11) is 1.83. The summed E-state index contributed by atoms with van der Waals surface area (Å²) >= 11 is 0. The summed E-state index contributed by atoms with van der Waals surface area (Å²) < 4.78 is 5.09. The molecule has 2 rings (SSSR count). The molecule has 0 amide bonds. The van der Waals surface area contributed by atoms with Gasteiger partial charge >= 0.3 is 5.97 Å². The number of aliphatic imine (C=N–C) groups is 1. The third kappa shape index (κ3) is 4.11. The maximum atomic E-state index is 11.7. The van der Waals surface area contributed by atoms with Crippen molar-refractivity contribution in [2.75, 3.05) is 33.3 Å². The topological polar surface area (TPSA) is 53.9 Å². The molecule has 0 radical (unpaired) electrons. The van der Waals surface area contributed by atoms with Gasteiger partial charge in [-0.2, -0.15) is 0 Å². The lowest BCUT2D eigenvalue weighted by Gasteiger charge is -2.33. The van der Waals surface area contributed by atoms with Crippen molar-refractivity contribution >= 4 is 11.9 Å². The lowest BCUT2D eigenvalue weighted by atomic mass is 9.97. The van der Waals surface area contributed by atoms with Gasteiger partial charge in [-0.05, 0) is 38.5 Å². The second-order valence-corrected chi connectivity index (χ2v) is 5.38. The van der Waals surface area contributed by atoms with Crippen LogP contribution in [0.3, 0.4) is 0 Å². The van der Waals surface area contributed by atoms with Gasteiger partial charge in [0.1, 0.15) is 0 Å². The summed E-state index contributed by atoms with van der Waals surface area (Å²) in [6, 6.07) is 0. The van der Waals surface area contributed by atoms with Gasteiger partial charge in [0.25, 0.3) is 0 Å². The zero-order chi connectivity index (χ0) is 13.7. The van der Waals surface area contributed by atoms with Crippen molar-refractivity contribution in [3.05, 3.63) is 0 Å². The molecule has 1 saturated carbocycles. The van der Waals surface area contributed by atoms with Crippen LogP contribution in [-0.2, 0) is 9.53 Å². The lowest BCUT2D eigenvalue weighted by molar-refractivity contribution is -0.149. The van der Waals surface area contributed by atoms with Crippen LogP contribution in [0.25, 0.3) is 0 Å². The first-order valence-electron chi connectivity index (χ1n) is 7.36. The number of guanidine groups is 1. The Bertz CT molecular complexity index is 332. The van der Waals surface area contributed by atoms with E-state index < -0.39 is 0 Å². The minimum Gasteiger partial charge on any atom is -0.466 e. The van der Waals surface area contributed by atoms with Crippen LogP contribution in [0, 0.1) is 11.8 Å². The third-order valence-electron chi connectivity index (χ3n) is 3.87. The Morgan fingerprint density at radius 1 is 1.32 bits per heavy atom. The molecule has 5 nitrogen and oxygen atoms in total. The molecule has 0 unspecified atom stereocenters. The summed E-state index contributed by atoms with van der Waals surface area (Å²) in [4.78, 5) is 18.3. The molecule has 0 aromatic carbocycles. The first-order chi connectivity index (χ1) is 9.24. The molecular weight excluding hydrogens is 242 g/mol. The van der Waals surface area contributed by atoms with Gasteiger partial charge in [-0.25, -0.2) is 0 Å². The van der Waals surface area contributed by atoms with Gasteiger partial charge in [-0.15, -0.1) is 0 Å². The van der Waals surface area contributed by atoms with Crippen molar-refractivity contribution < 1.29 is 9.53 Å². The largest absolute Gasteiger partial charge is 0.466 e. The number of hydrogen-bond acceptors (Lipinski definition) is 3. The zero-order valence-corrected chi connectivity index (χ0v) is 12.0. The molecule has 1 heterocycles. The van der Waals surface area contributed by atoms with E-state index in [0.29, 0.717) is 6.61 Å². The molecule has 2 aliphatic rings. The van der Waals surface area contributed by atoms with Gasteiger partial charge in [0, 0.05) is 26.7 Å². The number of nitrogens with zero attached hydrogens (tertiary/aromatic N) is 2. The number of piperidine rings is 1. The summed E-state index contributed by atoms with van der Waals surface area (Å²) in [5, 5.41) is 3.43. The summed E-state index contributed by atoms with van der Waals surface area (Å²) in [6.45, 7) is 5.13. The van der Waals surface area contributed by atoms with Crippen LogP contribution in [0.1, 0.15) is 32.6 Å². The van der Waals surface area contributed by atoms with E-state index in [2.05, 4.69) is 15.2 Å². The van der Waals surface area contributed by atoms with Gasteiger partial charge in [0.05, 0.1) is 12.5 Å². The number of nitrogens with one attached hydrogen (secondary N) is 1. The minimum absolute atomic E-state index is 0.0388. The van der Waals surface area contributed by atoms with Crippen LogP contribution >= 0.6 is 0 Å². The molecule has 0 aromatic heterocycles. The fourth-order valence-electron chi connectivity index (χ4n) is 2.48. The smallest absolute Gasteiger partial charge is 0.309 e. The van der Waals surface area contributed by atoms with E-state index in [1.807, 2.05) is 14.0 Å². The number of ether oxygens (including phenoxy) is 1. The fraction of sp³-hybridized carbons (Fsp3) is 0.857. The SMILES string of the molecule is CCOC(=O)C1CCN(C(=NC)NCC2CC2)CC1. The van der Waals surface area contributed by atoms with Crippen LogP contribution in [-0.4, -0.2) is 50.1 Å². The predicted molar refractivity (Wildman–Crippen MR) is 75.0 cm³/mol. The van der Waals surface area contributed by atoms with E-state index in [1.54, 1.807) is 0 Å². The molecule has 0 atom stereocenters. The monoisotopic (exact) mass is 267 g/mol. The first kappa shape index (κ1) is 14.2. The van der Waals surface area contributed by atoms with Crippen LogP contribution in [0.5, 0.6) is 0 Å². The highest BCUT2D eigenvalue weighted by Gasteiger charge is 2.28. The maximum absolute atomic E-state index is 11.7. The second kappa shape index (κ2) is 6.78. The molecule has 1 aliphatic carbocycles. The zero-order valence-electron chi connectivity index (χ0n) is 12.0. The Morgan fingerprint density at radius 2 is 2.00 bits per heavy atom. The number of carbonyl (C=O) groups excluding carboxylic acids is 1. The van der Waals surface area contributed by atoms with Crippen molar-refractivity contribution in [3.8, 4) is 0 Å². The Morgan fingerprint density at radius 3 is 2.53 bits per heavy atom. The highest BCUT2D eigenvalue weighted by Crippen LogP contribution is 2.27. The van der Waals surface area contributed by atoms with Crippen molar-refractivity contribution in [2.45, 2.75) is 32.6 Å². The number of hydrogen-bond donors (Lipinski definition) is 1. The van der Waals surface area contributed by atoms with Gasteiger partial charge < -0.3 is 15.0 Å². The maximum Gasteiger partial charge on any atom is 0.309 e. The summed E-state index contributed by atoms with van der Waals surface area (Å²) in [5.74, 6) is 1.85. The van der Waals surface area contributed by atoms with E-state index in [-0.39, 0.29) is 11.9 Å². The molecule has 5 heteroatoms. The minimum atomic E-state index is -0.0388. The first-order valence-corrected chi connectivity index (χ1v) is 7.36. The molecular formula is C14H25N3O2. The molecule has 1 aliphatic heterocycles. The molecule has 19 heavy (non-hydrogen) atoms. The molecule has 2 fully saturated rings. The number of esters is 1. The third-order valence-corrected chi connectivity index (χ3v) is 3.87. The number of likely N-dealkylation sites (tertiary alicyclic amines) is 1. The normalized spacial score (nSPS) is 21.4. The van der Waals surface area contributed by atoms with Crippen LogP contribution < -0.4 is 5.32 Å². The van der Waals surface area contributed by atoms with Crippen molar-refractivity contribution in [2.24, 2.45) is 16.8 Å². The standard InChI is InChI=1S/C14H25N3O2/c1-3-19-13(18)12-6-8-17(9-7-12)14(15-2)16-10-11-4-5-11/h11-12H,3-10H2,1-2H3,(H,15,16). The van der Waals surface area contributed by atoms with E-state index in [1.165, 1.54) is 12.8 Å². The fourth-order valence-corrected chi connectivity index (χ4v) is 2.48. The molecule has 1 saturated heterocycles. The van der Waals surface area contributed by atoms with Gasteiger partial charge in [-0.1, -0.05) is 0 Å². The van der Waals surface area contributed by atoms with Crippen molar-refractivity contribution in [1.29, 1.82) is 0 Å². The Hall–Kier alpha value is -1.26. The number of rotatable bonds is 4. The van der Waals surface area contributed by atoms with Gasteiger partial charge in [-0.3, -0.25) is 9.79 Å². The molecule has 0 aromatic rings. The summed E-state index contributed by atoms with van der Waals surface area (Å²) in [6.07, 6.45) is 4.41. The predicted octanol–water partition coefficient (Wildman–Crippen LogP) is 1.25. The lowest BCUT2D eigenvalue weighted by Crippen LogP contribution is -2.47. The Balaban J connectivity index is 1.75. The Labute approximate surface area is 115 Å². The molecule has 108 valence electrons. The molecule has 0 bridgehead atoms. The van der Waals surface area contributed by atoms with E-state index in [4.69, 9.17) is 4.74 Å². The van der Waals surface area contributed by atoms with Crippen LogP contribution in [0.15, 0.2) is 4.99 Å². The van der Waals surface area contributed by atoms with Crippen LogP contribution in [0.4, 0.5) is 0 Å². The van der Waals surface area contributed by atoms with Gasteiger partial charge in [0.2, 0.25) is 0 Å². The van der Waals surface area contributed by atoms with E-state index in [0.717, 1.165) is 44.4 Å². The quantitative estimate of drug-likeness (QED) is 0.473. The van der Waals surface area contributed by atoms with Crippen molar-refractivity contribution in [1.82, 2.24) is 10.2 Å². The summed E-state index contributed by atoms with van der Waals surface area (Å²) in [5.41, 5.74) is 0. The highest BCUT2D eigenvalue weighted by molar-refractivity contribution is 5.80. The highest BCUT2D eigenvalue weighted by atomic mass is 16.5.